The molecule has 2 aromatic rings. The molecule has 0 aliphatic heterocycles. The van der Waals surface area contributed by atoms with E-state index in [-0.39, 0.29) is 18.2 Å². The number of rotatable bonds is 5. The molecule has 0 unspecified atom stereocenters. The molecule has 0 radical (unpaired) electrons. The molecule has 0 aliphatic carbocycles. The van der Waals surface area contributed by atoms with Gasteiger partial charge in [0.15, 0.2) is 0 Å². The molecule has 2 N–H and O–H groups in total. The molecule has 25 heavy (non-hydrogen) atoms. The maximum absolute atomic E-state index is 12.2. The van der Waals surface area contributed by atoms with Gasteiger partial charge in [-0.25, -0.2) is 5.43 Å². The lowest BCUT2D eigenvalue weighted by molar-refractivity contribution is -0.115. The summed E-state index contributed by atoms with van der Waals surface area (Å²) in [5.74, 6) is -0.537. The standard InChI is InChI=1S/C19H22N4O2/c1-12-8-13(2)18(14(3)9-12)21-17(24)10-15(4)22-23-19(25)16-6-5-7-20-11-16/h5-9,11H,10H2,1-4H3,(H,21,24)(H,23,25)/b22-15-. The van der Waals surface area contributed by atoms with Crippen LogP contribution in [0.4, 0.5) is 5.69 Å². The highest BCUT2D eigenvalue weighted by Gasteiger charge is 2.10. The Hall–Kier alpha value is -3.02. The number of carbonyl (C=O) groups excluding carboxylic acids is 2. The van der Waals surface area contributed by atoms with Gasteiger partial charge in [-0.05, 0) is 51.0 Å². The fraction of sp³-hybridized carbons (Fsp3) is 0.263. The monoisotopic (exact) mass is 338 g/mol. The number of aromatic nitrogens is 1. The lowest BCUT2D eigenvalue weighted by Crippen LogP contribution is -2.22. The fourth-order valence-corrected chi connectivity index (χ4v) is 2.54. The van der Waals surface area contributed by atoms with Gasteiger partial charge in [-0.3, -0.25) is 14.6 Å². The fourth-order valence-electron chi connectivity index (χ4n) is 2.54. The smallest absolute Gasteiger partial charge is 0.272 e. The first kappa shape index (κ1) is 18.3. The van der Waals surface area contributed by atoms with Gasteiger partial charge in [0.05, 0.1) is 12.0 Å². The summed E-state index contributed by atoms with van der Waals surface area (Å²) in [6.07, 6.45) is 3.14. The Kier molecular flexibility index (Phi) is 6.00. The number of nitrogens with zero attached hydrogens (tertiary/aromatic N) is 2. The molecule has 6 heteroatoms. The predicted octanol–water partition coefficient (Wildman–Crippen LogP) is 3.14. The van der Waals surface area contributed by atoms with Crippen molar-refractivity contribution >= 4 is 23.2 Å². The van der Waals surface area contributed by atoms with Crippen LogP contribution < -0.4 is 10.7 Å². The summed E-state index contributed by atoms with van der Waals surface area (Å²) in [6.45, 7) is 7.64. The summed E-state index contributed by atoms with van der Waals surface area (Å²) < 4.78 is 0. The molecule has 0 saturated carbocycles. The van der Waals surface area contributed by atoms with Gasteiger partial charge < -0.3 is 5.32 Å². The first-order chi connectivity index (χ1) is 11.9. The lowest BCUT2D eigenvalue weighted by Gasteiger charge is -2.12. The third kappa shape index (κ3) is 5.24. The zero-order chi connectivity index (χ0) is 18.4. The van der Waals surface area contributed by atoms with E-state index >= 15 is 0 Å². The quantitative estimate of drug-likeness (QED) is 0.649. The van der Waals surface area contributed by atoms with Crippen LogP contribution in [0.2, 0.25) is 0 Å². The van der Waals surface area contributed by atoms with Gasteiger partial charge >= 0.3 is 0 Å². The Bertz CT molecular complexity index is 790. The topological polar surface area (TPSA) is 83.5 Å². The van der Waals surface area contributed by atoms with Gasteiger partial charge in [0.1, 0.15) is 0 Å². The van der Waals surface area contributed by atoms with Crippen molar-refractivity contribution in [1.29, 1.82) is 0 Å². The molecule has 1 aromatic carbocycles. The second-order valence-electron chi connectivity index (χ2n) is 6.03. The van der Waals surface area contributed by atoms with Crippen molar-refractivity contribution in [3.63, 3.8) is 0 Å². The molecule has 0 spiro atoms. The van der Waals surface area contributed by atoms with Crippen LogP contribution in [0, 0.1) is 20.8 Å². The number of amides is 2. The maximum atomic E-state index is 12.2. The van der Waals surface area contributed by atoms with Gasteiger partial charge in [-0.15, -0.1) is 0 Å². The van der Waals surface area contributed by atoms with E-state index in [0.29, 0.717) is 11.3 Å². The third-order valence-electron chi connectivity index (χ3n) is 3.63. The molecule has 0 fully saturated rings. The lowest BCUT2D eigenvalue weighted by atomic mass is 10.0. The third-order valence-corrected chi connectivity index (χ3v) is 3.63. The molecule has 0 saturated heterocycles. The van der Waals surface area contributed by atoms with Crippen LogP contribution in [-0.4, -0.2) is 22.5 Å². The van der Waals surface area contributed by atoms with E-state index in [1.54, 1.807) is 25.3 Å². The molecule has 2 rings (SSSR count). The number of hydrazone groups is 1. The van der Waals surface area contributed by atoms with Crippen LogP contribution in [-0.2, 0) is 4.79 Å². The normalized spacial score (nSPS) is 11.1. The minimum absolute atomic E-state index is 0.0973. The zero-order valence-corrected chi connectivity index (χ0v) is 14.9. The van der Waals surface area contributed by atoms with Gasteiger partial charge in [-0.2, -0.15) is 5.10 Å². The highest BCUT2D eigenvalue weighted by molar-refractivity contribution is 6.06. The number of pyridine rings is 1. The maximum Gasteiger partial charge on any atom is 0.272 e. The molecule has 0 atom stereocenters. The van der Waals surface area contributed by atoms with Crippen LogP contribution in [0.1, 0.15) is 40.4 Å². The van der Waals surface area contributed by atoms with E-state index < -0.39 is 0 Å². The summed E-state index contributed by atoms with van der Waals surface area (Å²) >= 11 is 0. The van der Waals surface area contributed by atoms with Gasteiger partial charge in [0.25, 0.3) is 5.91 Å². The molecule has 1 aromatic heterocycles. The van der Waals surface area contributed by atoms with Crippen molar-refractivity contribution in [3.8, 4) is 0 Å². The Morgan fingerprint density at radius 2 is 1.84 bits per heavy atom. The van der Waals surface area contributed by atoms with Crippen molar-refractivity contribution in [2.24, 2.45) is 5.10 Å². The minimum atomic E-state index is -0.363. The average molecular weight is 338 g/mol. The van der Waals surface area contributed by atoms with E-state index in [0.717, 1.165) is 22.4 Å². The Balaban J connectivity index is 1.95. The van der Waals surface area contributed by atoms with Crippen LogP contribution in [0.3, 0.4) is 0 Å². The Morgan fingerprint density at radius 1 is 1.16 bits per heavy atom. The molecule has 130 valence electrons. The Labute approximate surface area is 147 Å². The van der Waals surface area contributed by atoms with Crippen LogP contribution in [0.15, 0.2) is 41.8 Å². The van der Waals surface area contributed by atoms with Crippen molar-refractivity contribution in [1.82, 2.24) is 10.4 Å². The average Bonchev–Trinajstić information content (AvgIpc) is 2.56. The first-order valence-corrected chi connectivity index (χ1v) is 7.98. The van der Waals surface area contributed by atoms with Crippen LogP contribution in [0.25, 0.3) is 0 Å². The largest absolute Gasteiger partial charge is 0.325 e. The van der Waals surface area contributed by atoms with Gasteiger partial charge in [0, 0.05) is 23.8 Å². The molecular weight excluding hydrogens is 316 g/mol. The number of carbonyl (C=O) groups is 2. The molecule has 2 amide bonds. The molecule has 0 bridgehead atoms. The Morgan fingerprint density at radius 3 is 2.44 bits per heavy atom. The molecule has 1 heterocycles. The number of benzene rings is 1. The van der Waals surface area contributed by atoms with E-state index in [4.69, 9.17) is 0 Å². The predicted molar refractivity (Wildman–Crippen MR) is 98.7 cm³/mol. The van der Waals surface area contributed by atoms with E-state index in [1.807, 2.05) is 32.9 Å². The van der Waals surface area contributed by atoms with Crippen molar-refractivity contribution in [2.75, 3.05) is 5.32 Å². The summed E-state index contributed by atoms with van der Waals surface area (Å²) in [4.78, 5) is 28.0. The summed E-state index contributed by atoms with van der Waals surface area (Å²) in [5.41, 5.74) is 7.37. The number of hydrogen-bond acceptors (Lipinski definition) is 4. The molecular formula is C19H22N4O2. The second kappa shape index (κ2) is 8.19. The highest BCUT2D eigenvalue weighted by Crippen LogP contribution is 2.22. The minimum Gasteiger partial charge on any atom is -0.325 e. The zero-order valence-electron chi connectivity index (χ0n) is 14.9. The van der Waals surface area contributed by atoms with E-state index in [2.05, 4.69) is 20.8 Å². The van der Waals surface area contributed by atoms with Crippen molar-refractivity contribution < 1.29 is 9.59 Å². The summed E-state index contributed by atoms with van der Waals surface area (Å²) in [7, 11) is 0. The highest BCUT2D eigenvalue weighted by atomic mass is 16.2. The summed E-state index contributed by atoms with van der Waals surface area (Å²) in [5, 5.41) is 6.88. The SMILES string of the molecule is C/C(CC(=O)Nc1c(C)cc(C)cc1C)=N/NC(=O)c1cccnc1. The van der Waals surface area contributed by atoms with Crippen molar-refractivity contribution in [2.45, 2.75) is 34.1 Å². The van der Waals surface area contributed by atoms with Gasteiger partial charge in [-0.1, -0.05) is 17.7 Å². The number of anilines is 1. The van der Waals surface area contributed by atoms with E-state index in [9.17, 15) is 9.59 Å². The molecule has 6 nitrogen and oxygen atoms in total. The number of nitrogens with one attached hydrogen (secondary N) is 2. The van der Waals surface area contributed by atoms with Crippen LogP contribution >= 0.6 is 0 Å². The number of hydrogen-bond donors (Lipinski definition) is 2. The number of aryl methyl sites for hydroxylation is 3. The van der Waals surface area contributed by atoms with Crippen LogP contribution in [0.5, 0.6) is 0 Å². The molecule has 0 aliphatic rings. The second-order valence-corrected chi connectivity index (χ2v) is 6.03. The first-order valence-electron chi connectivity index (χ1n) is 7.98. The van der Waals surface area contributed by atoms with Gasteiger partial charge in [0.2, 0.25) is 5.91 Å². The summed E-state index contributed by atoms with van der Waals surface area (Å²) in [6, 6.07) is 7.36. The van der Waals surface area contributed by atoms with Crippen molar-refractivity contribution in [3.05, 3.63) is 58.9 Å². The van der Waals surface area contributed by atoms with E-state index in [1.165, 1.54) is 6.20 Å².